The monoisotopic (exact) mass is 333 g/mol. The summed E-state index contributed by atoms with van der Waals surface area (Å²) < 4.78 is 0. The van der Waals surface area contributed by atoms with E-state index in [-0.39, 0.29) is 5.91 Å². The van der Waals surface area contributed by atoms with E-state index in [2.05, 4.69) is 26.1 Å². The fourth-order valence-electron chi connectivity index (χ4n) is 2.08. The lowest BCUT2D eigenvalue weighted by molar-refractivity contribution is 0.0846. The van der Waals surface area contributed by atoms with Crippen LogP contribution in [0.5, 0.6) is 0 Å². The molecule has 0 aliphatic carbocycles. The molecule has 3 rings (SSSR count). The first kappa shape index (κ1) is 16.1. The van der Waals surface area contributed by atoms with Crippen LogP contribution < -0.4 is 16.2 Å². The normalized spacial score (nSPS) is 9.92. The zero-order valence-corrected chi connectivity index (χ0v) is 13.1. The summed E-state index contributed by atoms with van der Waals surface area (Å²) in [6, 6.07) is 17.1. The number of amides is 2. The predicted octanol–water partition coefficient (Wildman–Crippen LogP) is 2.29. The zero-order valence-electron chi connectivity index (χ0n) is 13.1. The van der Waals surface area contributed by atoms with Gasteiger partial charge in [0.25, 0.3) is 11.8 Å². The van der Waals surface area contributed by atoms with Crippen LogP contribution in [0, 0.1) is 0 Å². The quantitative estimate of drug-likeness (QED) is 0.637. The maximum absolute atomic E-state index is 12.2. The lowest BCUT2D eigenvalue weighted by Gasteiger charge is -2.09. The molecule has 0 aliphatic heterocycles. The highest BCUT2D eigenvalue weighted by Crippen LogP contribution is 2.14. The van der Waals surface area contributed by atoms with Crippen molar-refractivity contribution in [2.75, 3.05) is 5.32 Å². The number of hydrogen-bond acceptors (Lipinski definition) is 5. The molecular formula is C18H15N5O2. The minimum absolute atomic E-state index is 0.384. The van der Waals surface area contributed by atoms with Gasteiger partial charge in [-0.25, -0.2) is 9.97 Å². The fourth-order valence-corrected chi connectivity index (χ4v) is 2.08. The summed E-state index contributed by atoms with van der Waals surface area (Å²) in [6.45, 7) is 0. The Hall–Kier alpha value is -3.74. The number of benzene rings is 2. The third-order valence-corrected chi connectivity index (χ3v) is 3.27. The van der Waals surface area contributed by atoms with Gasteiger partial charge in [-0.3, -0.25) is 20.4 Å². The van der Waals surface area contributed by atoms with Crippen molar-refractivity contribution < 1.29 is 9.59 Å². The number of rotatable bonds is 4. The maximum Gasteiger partial charge on any atom is 0.269 e. The van der Waals surface area contributed by atoms with Crippen molar-refractivity contribution in [3.63, 3.8) is 0 Å². The minimum Gasteiger partial charge on any atom is -0.324 e. The second-order valence-corrected chi connectivity index (χ2v) is 5.05. The second-order valence-electron chi connectivity index (χ2n) is 5.05. The Balaban J connectivity index is 1.62. The van der Waals surface area contributed by atoms with E-state index in [9.17, 15) is 9.59 Å². The lowest BCUT2D eigenvalue weighted by Crippen LogP contribution is -2.41. The van der Waals surface area contributed by atoms with E-state index < -0.39 is 5.91 Å². The molecule has 0 fully saturated rings. The van der Waals surface area contributed by atoms with Gasteiger partial charge in [0.15, 0.2) is 0 Å². The van der Waals surface area contributed by atoms with Gasteiger partial charge in [0.05, 0.1) is 0 Å². The minimum atomic E-state index is -0.429. The molecule has 0 unspecified atom stereocenters. The lowest BCUT2D eigenvalue weighted by atomic mass is 10.2. The highest BCUT2D eigenvalue weighted by Gasteiger charge is 2.09. The fraction of sp³-hybridized carbons (Fsp3) is 0. The Bertz CT molecular complexity index is 869. The van der Waals surface area contributed by atoms with Crippen molar-refractivity contribution in [2.24, 2.45) is 0 Å². The van der Waals surface area contributed by atoms with Gasteiger partial charge in [0.1, 0.15) is 0 Å². The maximum atomic E-state index is 12.2. The molecule has 3 aromatic rings. The highest BCUT2D eigenvalue weighted by molar-refractivity contribution is 5.99. The molecule has 0 spiro atoms. The van der Waals surface area contributed by atoms with Gasteiger partial charge in [-0.2, -0.15) is 0 Å². The van der Waals surface area contributed by atoms with Crippen LogP contribution in [-0.4, -0.2) is 21.8 Å². The van der Waals surface area contributed by atoms with Crippen LogP contribution in [0.2, 0.25) is 0 Å². The Labute approximate surface area is 144 Å². The van der Waals surface area contributed by atoms with Crippen LogP contribution >= 0.6 is 0 Å². The van der Waals surface area contributed by atoms with Crippen molar-refractivity contribution in [3.8, 4) is 0 Å². The predicted molar refractivity (Wildman–Crippen MR) is 93.1 cm³/mol. The van der Waals surface area contributed by atoms with E-state index in [1.54, 1.807) is 67.0 Å². The molecular weight excluding hydrogens is 318 g/mol. The Kier molecular flexibility index (Phi) is 4.96. The van der Waals surface area contributed by atoms with Crippen molar-refractivity contribution in [1.82, 2.24) is 20.8 Å². The molecule has 0 bridgehead atoms. The Morgan fingerprint density at radius 3 is 2.08 bits per heavy atom. The second kappa shape index (κ2) is 7.69. The van der Waals surface area contributed by atoms with Crippen molar-refractivity contribution in [2.45, 2.75) is 0 Å². The summed E-state index contributed by atoms with van der Waals surface area (Å²) in [7, 11) is 0. The number of nitrogens with zero attached hydrogens (tertiary/aromatic N) is 2. The van der Waals surface area contributed by atoms with Crippen LogP contribution in [0.4, 0.5) is 11.6 Å². The van der Waals surface area contributed by atoms with Gasteiger partial charge in [-0.1, -0.05) is 24.3 Å². The number of nitrogens with one attached hydrogen (secondary N) is 3. The van der Waals surface area contributed by atoms with E-state index in [0.717, 1.165) is 0 Å². The van der Waals surface area contributed by atoms with E-state index in [1.807, 2.05) is 6.07 Å². The van der Waals surface area contributed by atoms with Gasteiger partial charge in [0.2, 0.25) is 5.95 Å². The Morgan fingerprint density at radius 2 is 1.36 bits per heavy atom. The first-order valence-electron chi connectivity index (χ1n) is 7.52. The summed E-state index contributed by atoms with van der Waals surface area (Å²) in [5.41, 5.74) is 6.28. The standard InChI is InChI=1S/C18H15N5O2/c24-16(13-6-2-1-3-7-13)22-23-17(25)14-8-4-9-15(12-14)21-18-19-10-5-11-20-18/h1-12H,(H,22,24)(H,23,25)(H,19,20,21). The summed E-state index contributed by atoms with van der Waals surface area (Å²) in [6.07, 6.45) is 3.23. The molecule has 124 valence electrons. The molecule has 0 saturated carbocycles. The van der Waals surface area contributed by atoms with Gasteiger partial charge in [-0.15, -0.1) is 0 Å². The zero-order chi connectivity index (χ0) is 17.5. The first-order valence-corrected chi connectivity index (χ1v) is 7.52. The molecule has 0 aliphatic rings. The van der Waals surface area contributed by atoms with Gasteiger partial charge < -0.3 is 5.32 Å². The van der Waals surface area contributed by atoms with Crippen LogP contribution in [0.1, 0.15) is 20.7 Å². The smallest absolute Gasteiger partial charge is 0.269 e. The number of anilines is 2. The molecule has 25 heavy (non-hydrogen) atoms. The molecule has 0 atom stereocenters. The van der Waals surface area contributed by atoms with Crippen LogP contribution in [0.3, 0.4) is 0 Å². The van der Waals surface area contributed by atoms with Crippen LogP contribution in [0.15, 0.2) is 73.1 Å². The van der Waals surface area contributed by atoms with Gasteiger partial charge >= 0.3 is 0 Å². The van der Waals surface area contributed by atoms with Gasteiger partial charge in [-0.05, 0) is 36.4 Å². The third kappa shape index (κ3) is 4.38. The molecule has 2 amide bonds. The molecule has 2 aromatic carbocycles. The molecule has 0 radical (unpaired) electrons. The summed E-state index contributed by atoms with van der Waals surface area (Å²) in [5, 5.41) is 3.00. The van der Waals surface area contributed by atoms with E-state index in [4.69, 9.17) is 0 Å². The molecule has 0 saturated heterocycles. The van der Waals surface area contributed by atoms with Crippen molar-refractivity contribution >= 4 is 23.5 Å². The molecule has 7 heteroatoms. The molecule has 1 heterocycles. The average Bonchev–Trinajstić information content (AvgIpc) is 2.67. The topological polar surface area (TPSA) is 96.0 Å². The summed E-state index contributed by atoms with van der Waals surface area (Å²) in [5.74, 6) is -0.389. The number of hydrazine groups is 1. The third-order valence-electron chi connectivity index (χ3n) is 3.27. The molecule has 1 aromatic heterocycles. The molecule has 3 N–H and O–H groups in total. The number of aromatic nitrogens is 2. The summed E-state index contributed by atoms with van der Waals surface area (Å²) >= 11 is 0. The number of carbonyl (C=O) groups is 2. The average molecular weight is 333 g/mol. The van der Waals surface area contributed by atoms with E-state index in [0.29, 0.717) is 22.8 Å². The first-order chi connectivity index (χ1) is 12.2. The highest BCUT2D eigenvalue weighted by atomic mass is 16.2. The summed E-state index contributed by atoms with van der Waals surface area (Å²) in [4.78, 5) is 32.3. The van der Waals surface area contributed by atoms with Gasteiger partial charge in [0, 0.05) is 29.2 Å². The Morgan fingerprint density at radius 1 is 0.720 bits per heavy atom. The van der Waals surface area contributed by atoms with Crippen molar-refractivity contribution in [1.29, 1.82) is 0 Å². The molecule has 7 nitrogen and oxygen atoms in total. The van der Waals surface area contributed by atoms with Crippen molar-refractivity contribution in [3.05, 3.63) is 84.2 Å². The number of carbonyl (C=O) groups excluding carboxylic acids is 2. The van der Waals surface area contributed by atoms with Crippen LogP contribution in [-0.2, 0) is 0 Å². The van der Waals surface area contributed by atoms with E-state index in [1.165, 1.54) is 0 Å². The van der Waals surface area contributed by atoms with Crippen LogP contribution in [0.25, 0.3) is 0 Å². The largest absolute Gasteiger partial charge is 0.324 e. The SMILES string of the molecule is O=C(NNC(=O)c1cccc(Nc2ncccn2)c1)c1ccccc1. The number of hydrogen-bond donors (Lipinski definition) is 3. The van der Waals surface area contributed by atoms with E-state index >= 15 is 0 Å².